The maximum absolute atomic E-state index is 14.5. The number of methoxy groups -OCH3 is 1. The summed E-state index contributed by atoms with van der Waals surface area (Å²) in [7, 11) is 8.32. The van der Waals surface area contributed by atoms with Gasteiger partial charge < -0.3 is 35.5 Å². The minimum atomic E-state index is -0.665. The van der Waals surface area contributed by atoms with E-state index in [9.17, 15) is 14.0 Å². The third-order valence-electron chi connectivity index (χ3n) is 5.78. The molecular weight excluding hydrogens is 491 g/mol. The molecule has 0 saturated heterocycles. The number of carbonyl (C=O) groups excluding carboxylic acids is 2. The highest BCUT2D eigenvalue weighted by molar-refractivity contribution is 6.01. The highest BCUT2D eigenvalue weighted by Crippen LogP contribution is 2.33. The minimum absolute atomic E-state index is 0.0799. The van der Waals surface area contributed by atoms with Gasteiger partial charge in [0.2, 0.25) is 11.9 Å². The Balaban J connectivity index is 1.71. The quantitative estimate of drug-likeness (QED) is 0.264. The van der Waals surface area contributed by atoms with E-state index in [2.05, 4.69) is 30.9 Å². The fourth-order valence-electron chi connectivity index (χ4n) is 3.85. The van der Waals surface area contributed by atoms with Crippen molar-refractivity contribution in [3.05, 3.63) is 60.0 Å². The molecule has 4 rings (SSSR count). The lowest BCUT2D eigenvalue weighted by molar-refractivity contribution is -0.118. The van der Waals surface area contributed by atoms with Crippen LogP contribution in [-0.2, 0) is 4.79 Å². The Morgan fingerprint density at radius 2 is 1.84 bits per heavy atom. The maximum Gasteiger partial charge on any atom is 0.256 e. The second kappa shape index (κ2) is 11.1. The molecule has 0 unspecified atom stereocenters. The first kappa shape index (κ1) is 26.4. The number of benzene rings is 2. The number of amides is 2. The first-order valence-corrected chi connectivity index (χ1v) is 11.7. The van der Waals surface area contributed by atoms with E-state index in [1.54, 1.807) is 53.4 Å². The Bertz CT molecular complexity index is 1490. The van der Waals surface area contributed by atoms with E-state index in [0.717, 1.165) is 0 Å². The second-order valence-electron chi connectivity index (χ2n) is 8.70. The lowest BCUT2D eigenvalue weighted by Crippen LogP contribution is -2.35. The number of hydrogen-bond acceptors (Lipinski definition) is 8. The minimum Gasteiger partial charge on any atom is -0.495 e. The summed E-state index contributed by atoms with van der Waals surface area (Å²) in [5.74, 6) is -0.247. The topological polar surface area (TPSA) is 128 Å². The van der Waals surface area contributed by atoms with Gasteiger partial charge in [0.1, 0.15) is 23.0 Å². The van der Waals surface area contributed by atoms with Crippen molar-refractivity contribution in [2.45, 2.75) is 0 Å². The number of nitrogens with one attached hydrogen (secondary N) is 4. The molecule has 4 N–H and O–H groups in total. The fraction of sp³-hybridized carbons (Fsp3) is 0.231. The van der Waals surface area contributed by atoms with Crippen LogP contribution in [0, 0.1) is 5.82 Å². The molecule has 198 valence electrons. The number of likely N-dealkylation sites (N-methyl/N-ethyl adjacent to an activating group) is 2. The van der Waals surface area contributed by atoms with Crippen molar-refractivity contribution in [2.75, 3.05) is 57.4 Å². The van der Waals surface area contributed by atoms with Gasteiger partial charge in [0.05, 0.1) is 36.0 Å². The van der Waals surface area contributed by atoms with Crippen molar-refractivity contribution in [3.63, 3.8) is 0 Å². The standard InChI is InChI=1S/C26H29FN8O3/c1-28-25(37)22-17(27)7-6-8-18(22)30-24-16-11-12-29-23(16)32-26(33-24)31-19-13-15(9-10-20(19)38-5)35(4)21(36)14-34(2)3/h6-13H,14H2,1-5H3,(H,28,37)(H3,29,30,31,32,33). The van der Waals surface area contributed by atoms with E-state index in [0.29, 0.717) is 34.0 Å². The van der Waals surface area contributed by atoms with E-state index in [4.69, 9.17) is 4.74 Å². The SMILES string of the molecule is CNC(=O)c1c(F)cccc1Nc1nc(Nc2cc(N(C)C(=O)CN(C)C)ccc2OC)nc2[nH]ccc12. The van der Waals surface area contributed by atoms with Crippen LogP contribution in [0.4, 0.5) is 33.2 Å². The molecule has 0 aliphatic rings. The van der Waals surface area contributed by atoms with Gasteiger partial charge in [0.15, 0.2) is 0 Å². The first-order chi connectivity index (χ1) is 18.2. The molecule has 0 aliphatic heterocycles. The Kier molecular flexibility index (Phi) is 7.72. The van der Waals surface area contributed by atoms with E-state index in [-0.39, 0.29) is 29.7 Å². The van der Waals surface area contributed by atoms with Crippen LogP contribution >= 0.6 is 0 Å². The van der Waals surface area contributed by atoms with Gasteiger partial charge in [-0.1, -0.05) is 6.07 Å². The van der Waals surface area contributed by atoms with Gasteiger partial charge in [-0.25, -0.2) is 4.39 Å². The van der Waals surface area contributed by atoms with Crippen molar-refractivity contribution in [2.24, 2.45) is 0 Å². The number of nitrogens with zero attached hydrogens (tertiary/aromatic N) is 4. The van der Waals surface area contributed by atoms with Crippen molar-refractivity contribution in [1.29, 1.82) is 0 Å². The third-order valence-corrected chi connectivity index (χ3v) is 5.78. The van der Waals surface area contributed by atoms with Crippen LogP contribution in [0.1, 0.15) is 10.4 Å². The van der Waals surface area contributed by atoms with Crippen LogP contribution in [0.25, 0.3) is 11.0 Å². The smallest absolute Gasteiger partial charge is 0.256 e. The molecule has 2 amide bonds. The average Bonchev–Trinajstić information content (AvgIpc) is 3.36. The maximum atomic E-state index is 14.5. The molecule has 2 heterocycles. The van der Waals surface area contributed by atoms with E-state index in [1.807, 2.05) is 14.1 Å². The zero-order chi connectivity index (χ0) is 27.4. The van der Waals surface area contributed by atoms with Crippen molar-refractivity contribution in [1.82, 2.24) is 25.2 Å². The summed E-state index contributed by atoms with van der Waals surface area (Å²) < 4.78 is 20.0. The molecule has 0 radical (unpaired) electrons. The van der Waals surface area contributed by atoms with Gasteiger partial charge in [0.25, 0.3) is 5.91 Å². The van der Waals surface area contributed by atoms with Crippen LogP contribution in [0.2, 0.25) is 0 Å². The summed E-state index contributed by atoms with van der Waals surface area (Å²) in [6.45, 7) is 0.255. The number of rotatable bonds is 9. The molecule has 4 aromatic rings. The number of halogens is 1. The summed E-state index contributed by atoms with van der Waals surface area (Å²) in [6.07, 6.45) is 1.70. The largest absolute Gasteiger partial charge is 0.495 e. The molecule has 0 atom stereocenters. The van der Waals surface area contributed by atoms with Crippen LogP contribution in [0.15, 0.2) is 48.7 Å². The molecule has 0 fully saturated rings. The number of H-pyrrole nitrogens is 1. The normalized spacial score (nSPS) is 10.9. The molecule has 0 saturated carbocycles. The fourth-order valence-corrected chi connectivity index (χ4v) is 3.85. The van der Waals surface area contributed by atoms with Crippen LogP contribution in [0.3, 0.4) is 0 Å². The zero-order valence-electron chi connectivity index (χ0n) is 21.7. The van der Waals surface area contributed by atoms with Gasteiger partial charge >= 0.3 is 0 Å². The molecule has 0 bridgehead atoms. The van der Waals surface area contributed by atoms with Crippen LogP contribution in [0.5, 0.6) is 5.75 Å². The van der Waals surface area contributed by atoms with E-state index >= 15 is 0 Å². The first-order valence-electron chi connectivity index (χ1n) is 11.7. The van der Waals surface area contributed by atoms with Crippen LogP contribution < -0.4 is 25.6 Å². The predicted molar refractivity (Wildman–Crippen MR) is 145 cm³/mol. The predicted octanol–water partition coefficient (Wildman–Crippen LogP) is 3.48. The summed E-state index contributed by atoms with van der Waals surface area (Å²) in [5, 5.41) is 9.32. The third kappa shape index (κ3) is 5.49. The highest BCUT2D eigenvalue weighted by atomic mass is 19.1. The Labute approximate surface area is 219 Å². The number of anilines is 5. The molecule has 38 heavy (non-hydrogen) atoms. The number of hydrogen-bond donors (Lipinski definition) is 4. The molecule has 2 aromatic carbocycles. The van der Waals surface area contributed by atoms with Crippen molar-refractivity contribution in [3.8, 4) is 5.75 Å². The molecule has 11 nitrogen and oxygen atoms in total. The monoisotopic (exact) mass is 520 g/mol. The van der Waals surface area contributed by atoms with Gasteiger partial charge in [0, 0.05) is 26.0 Å². The van der Waals surface area contributed by atoms with Gasteiger partial charge in [-0.2, -0.15) is 9.97 Å². The number of carbonyl (C=O) groups is 2. The van der Waals surface area contributed by atoms with Crippen molar-refractivity contribution >= 4 is 51.7 Å². The number of aromatic nitrogens is 3. The highest BCUT2D eigenvalue weighted by Gasteiger charge is 2.19. The van der Waals surface area contributed by atoms with Gasteiger partial charge in [-0.3, -0.25) is 9.59 Å². The summed E-state index contributed by atoms with van der Waals surface area (Å²) >= 11 is 0. The summed E-state index contributed by atoms with van der Waals surface area (Å²) in [4.78, 5) is 40.4. The van der Waals surface area contributed by atoms with Gasteiger partial charge in [-0.15, -0.1) is 0 Å². The number of fused-ring (bicyclic) bond motifs is 1. The average molecular weight is 521 g/mol. The lowest BCUT2D eigenvalue weighted by atomic mass is 10.1. The van der Waals surface area contributed by atoms with E-state index < -0.39 is 11.7 Å². The zero-order valence-corrected chi connectivity index (χ0v) is 21.7. The van der Waals surface area contributed by atoms with Gasteiger partial charge in [-0.05, 0) is 50.5 Å². The summed E-state index contributed by atoms with van der Waals surface area (Å²) in [6, 6.07) is 11.4. The lowest BCUT2D eigenvalue weighted by Gasteiger charge is -2.21. The Morgan fingerprint density at radius 1 is 1.05 bits per heavy atom. The molecule has 0 aliphatic carbocycles. The van der Waals surface area contributed by atoms with Crippen molar-refractivity contribution < 1.29 is 18.7 Å². The Morgan fingerprint density at radius 3 is 2.55 bits per heavy atom. The molecule has 2 aromatic heterocycles. The molecule has 0 spiro atoms. The Hall–Kier alpha value is -4.71. The second-order valence-corrected chi connectivity index (χ2v) is 8.70. The van der Waals surface area contributed by atoms with E-state index in [1.165, 1.54) is 26.3 Å². The van der Waals surface area contributed by atoms with Crippen LogP contribution in [-0.4, -0.2) is 73.5 Å². The number of ether oxygens (including phenoxy) is 1. The molecule has 12 heteroatoms. The summed E-state index contributed by atoms with van der Waals surface area (Å²) in [5.41, 5.74) is 1.80. The number of aromatic amines is 1. The molecular formula is C26H29FN8O3.